The summed E-state index contributed by atoms with van der Waals surface area (Å²) in [6.45, 7) is 3.20. The van der Waals surface area contributed by atoms with Gasteiger partial charge in [-0.05, 0) is 56.4 Å². The molecule has 0 unspecified atom stereocenters. The molecule has 2 aromatic rings. The maximum absolute atomic E-state index is 13.4. The number of nitrogens with zero attached hydrogens (tertiary/aromatic N) is 4. The van der Waals surface area contributed by atoms with E-state index in [1.165, 1.54) is 30.2 Å². The summed E-state index contributed by atoms with van der Waals surface area (Å²) >= 11 is 5.44. The summed E-state index contributed by atoms with van der Waals surface area (Å²) in [6, 6.07) is 9.18. The fourth-order valence-electron chi connectivity index (χ4n) is 3.28. The highest BCUT2D eigenvalue weighted by atomic mass is 32.1. The van der Waals surface area contributed by atoms with Gasteiger partial charge < -0.3 is 9.64 Å². The number of anilines is 1. The lowest BCUT2D eigenvalue weighted by molar-refractivity contribution is -0.137. The molecule has 166 valence electrons. The molecule has 0 saturated carbocycles. The zero-order valence-corrected chi connectivity index (χ0v) is 18.0. The first-order chi connectivity index (χ1) is 14.9. The molecule has 1 aliphatic rings. The van der Waals surface area contributed by atoms with Crippen molar-refractivity contribution in [2.24, 2.45) is 0 Å². The van der Waals surface area contributed by atoms with E-state index in [1.54, 1.807) is 26.0 Å². The Labute approximate surface area is 187 Å². The normalized spacial score (nSPS) is 15.7. The van der Waals surface area contributed by atoms with Gasteiger partial charge in [-0.1, -0.05) is 6.07 Å². The molecule has 11 heteroatoms. The van der Waals surface area contributed by atoms with E-state index in [-0.39, 0.29) is 23.0 Å². The van der Waals surface area contributed by atoms with Crippen LogP contribution in [0.15, 0.2) is 36.4 Å². The lowest BCUT2D eigenvalue weighted by Gasteiger charge is -2.29. The van der Waals surface area contributed by atoms with E-state index in [0.29, 0.717) is 5.69 Å². The predicted molar refractivity (Wildman–Crippen MR) is 111 cm³/mol. The third-order valence-corrected chi connectivity index (χ3v) is 5.44. The van der Waals surface area contributed by atoms with Gasteiger partial charge in [0.2, 0.25) is 0 Å². The number of hydrogen-bond donors (Lipinski definition) is 0. The van der Waals surface area contributed by atoms with Crippen LogP contribution in [0.3, 0.4) is 0 Å². The molecule has 0 N–H and O–H groups in total. The molecule has 0 aliphatic carbocycles. The van der Waals surface area contributed by atoms with Gasteiger partial charge >= 0.3 is 12.1 Å². The monoisotopic (exact) mass is 462 g/mol. The predicted octanol–water partition coefficient (Wildman–Crippen LogP) is 3.67. The van der Waals surface area contributed by atoms with Gasteiger partial charge in [-0.2, -0.15) is 18.4 Å². The molecular formula is C21H17F3N4O3S. The number of methoxy groups -OCH3 is 1. The number of rotatable bonds is 4. The number of carbonyl (C=O) groups is 2. The molecule has 2 heterocycles. The maximum Gasteiger partial charge on any atom is 0.417 e. The smallest absolute Gasteiger partial charge is 0.417 e. The fraction of sp³-hybridized carbons (Fsp3) is 0.286. The Morgan fingerprint density at radius 3 is 2.56 bits per heavy atom. The molecular weight excluding hydrogens is 445 g/mol. The average Bonchev–Trinajstić information content (AvgIpc) is 2.91. The van der Waals surface area contributed by atoms with E-state index in [9.17, 15) is 22.8 Å². The van der Waals surface area contributed by atoms with Crippen LogP contribution in [0.25, 0.3) is 0 Å². The molecule has 3 rings (SSSR count). The van der Waals surface area contributed by atoms with Gasteiger partial charge in [-0.3, -0.25) is 9.69 Å². The second kappa shape index (κ2) is 8.20. The van der Waals surface area contributed by atoms with Crippen LogP contribution in [0.2, 0.25) is 0 Å². The summed E-state index contributed by atoms with van der Waals surface area (Å²) < 4.78 is 44.9. The Morgan fingerprint density at radius 2 is 1.97 bits per heavy atom. The first kappa shape index (κ1) is 23.1. The molecule has 1 aromatic heterocycles. The highest BCUT2D eigenvalue weighted by molar-refractivity contribution is 7.80. The van der Waals surface area contributed by atoms with Crippen LogP contribution < -0.4 is 4.90 Å². The molecule has 1 amide bonds. The highest BCUT2D eigenvalue weighted by Crippen LogP contribution is 2.38. The molecule has 1 saturated heterocycles. The van der Waals surface area contributed by atoms with Crippen LogP contribution in [0, 0.1) is 11.3 Å². The minimum Gasteiger partial charge on any atom is -0.464 e. The summed E-state index contributed by atoms with van der Waals surface area (Å²) in [4.78, 5) is 31.6. The lowest BCUT2D eigenvalue weighted by atomic mass is 10.0. The van der Waals surface area contributed by atoms with Crippen LogP contribution in [-0.4, -0.2) is 39.5 Å². The van der Waals surface area contributed by atoms with E-state index in [0.717, 1.165) is 17.0 Å². The van der Waals surface area contributed by atoms with Gasteiger partial charge in [0, 0.05) is 0 Å². The minimum atomic E-state index is -4.78. The second-order valence-electron chi connectivity index (χ2n) is 7.41. The maximum atomic E-state index is 13.4. The molecule has 0 radical (unpaired) electrons. The van der Waals surface area contributed by atoms with Gasteiger partial charge in [0.1, 0.15) is 11.2 Å². The number of halogens is 3. The Balaban J connectivity index is 1.99. The Hall–Kier alpha value is -3.52. The number of ether oxygens (including phenoxy) is 1. The van der Waals surface area contributed by atoms with Gasteiger partial charge in [-0.25, -0.2) is 9.78 Å². The number of nitriles is 1. The van der Waals surface area contributed by atoms with Crippen molar-refractivity contribution in [2.75, 3.05) is 12.0 Å². The van der Waals surface area contributed by atoms with Crippen molar-refractivity contribution in [3.05, 3.63) is 58.9 Å². The Bertz CT molecular complexity index is 1160. The minimum absolute atomic E-state index is 0.0249. The third-order valence-electron chi connectivity index (χ3n) is 5.03. The summed E-state index contributed by atoms with van der Waals surface area (Å²) in [5.41, 5.74) is -2.53. The lowest BCUT2D eigenvalue weighted by Crippen LogP contribution is -2.43. The van der Waals surface area contributed by atoms with E-state index in [4.69, 9.17) is 17.5 Å². The van der Waals surface area contributed by atoms with Crippen LogP contribution in [0.1, 0.15) is 41.2 Å². The quantitative estimate of drug-likeness (QED) is 0.506. The van der Waals surface area contributed by atoms with E-state index in [2.05, 4.69) is 9.72 Å². The van der Waals surface area contributed by atoms with Crippen molar-refractivity contribution in [3.8, 4) is 6.07 Å². The number of thiocarbonyl (C=S) groups is 1. The van der Waals surface area contributed by atoms with E-state index >= 15 is 0 Å². The third kappa shape index (κ3) is 4.01. The van der Waals surface area contributed by atoms with Gasteiger partial charge in [0.05, 0.1) is 42.2 Å². The van der Waals surface area contributed by atoms with Crippen LogP contribution in [0.4, 0.5) is 18.9 Å². The van der Waals surface area contributed by atoms with Gasteiger partial charge in [0.25, 0.3) is 5.91 Å². The zero-order chi connectivity index (χ0) is 23.8. The van der Waals surface area contributed by atoms with Crippen molar-refractivity contribution in [1.82, 2.24) is 9.88 Å². The summed E-state index contributed by atoms with van der Waals surface area (Å²) in [7, 11) is 1.22. The van der Waals surface area contributed by atoms with Gasteiger partial charge in [-0.15, -0.1) is 0 Å². The SMILES string of the molecule is COC(=O)c1cccc(CN2C(=S)N(c3ccc(C#N)c(C(F)(F)F)c3)C(=O)C2(C)C)n1. The number of carbonyl (C=O) groups excluding carboxylic acids is 2. The topological polar surface area (TPSA) is 86.5 Å². The number of amides is 1. The highest BCUT2D eigenvalue weighted by Gasteiger charge is 2.50. The molecule has 0 bridgehead atoms. The van der Waals surface area contributed by atoms with Crippen LogP contribution in [0.5, 0.6) is 0 Å². The van der Waals surface area contributed by atoms with Crippen molar-refractivity contribution in [1.29, 1.82) is 5.26 Å². The van der Waals surface area contributed by atoms with Crippen molar-refractivity contribution in [3.63, 3.8) is 0 Å². The number of alkyl halides is 3. The van der Waals surface area contributed by atoms with E-state index in [1.807, 2.05) is 0 Å². The molecule has 0 atom stereocenters. The van der Waals surface area contributed by atoms with Crippen LogP contribution >= 0.6 is 12.2 Å². The Morgan fingerprint density at radius 1 is 1.28 bits per heavy atom. The molecule has 0 spiro atoms. The fourth-order valence-corrected chi connectivity index (χ4v) is 3.76. The summed E-state index contributed by atoms with van der Waals surface area (Å²) in [5, 5.41) is 8.98. The second-order valence-corrected chi connectivity index (χ2v) is 7.78. The summed E-state index contributed by atoms with van der Waals surface area (Å²) in [5.74, 6) is -1.17. The largest absolute Gasteiger partial charge is 0.464 e. The van der Waals surface area contributed by atoms with Crippen LogP contribution in [-0.2, 0) is 22.3 Å². The van der Waals surface area contributed by atoms with Crippen molar-refractivity contribution in [2.45, 2.75) is 32.1 Å². The summed E-state index contributed by atoms with van der Waals surface area (Å²) in [6.07, 6.45) is -4.78. The van der Waals surface area contributed by atoms with E-state index < -0.39 is 34.7 Å². The molecule has 1 aliphatic heterocycles. The molecule has 7 nitrogen and oxygen atoms in total. The number of esters is 1. The molecule has 32 heavy (non-hydrogen) atoms. The first-order valence-electron chi connectivity index (χ1n) is 9.23. The average molecular weight is 462 g/mol. The zero-order valence-electron chi connectivity index (χ0n) is 17.2. The number of hydrogen-bond acceptors (Lipinski definition) is 6. The number of benzene rings is 1. The van der Waals surface area contributed by atoms with Crippen molar-refractivity contribution < 1.29 is 27.5 Å². The first-order valence-corrected chi connectivity index (χ1v) is 9.64. The van der Waals surface area contributed by atoms with Crippen molar-refractivity contribution >= 4 is 34.9 Å². The Kier molecular flexibility index (Phi) is 5.93. The number of aromatic nitrogens is 1. The standard InChI is InChI=1S/C21H17F3N4O3S/c1-20(2)18(30)28(14-8-7-12(10-25)15(9-14)21(22,23)24)19(32)27(20)11-13-5-4-6-16(26-13)17(29)31-3/h4-9H,11H2,1-3H3. The number of pyridine rings is 1. The molecule has 1 fully saturated rings. The van der Waals surface area contributed by atoms with Gasteiger partial charge in [0.15, 0.2) is 5.11 Å². The molecule has 1 aromatic carbocycles.